The number of halogens is 1. The van der Waals surface area contributed by atoms with Crippen molar-refractivity contribution < 1.29 is 9.18 Å². The van der Waals surface area contributed by atoms with Gasteiger partial charge in [0.25, 0.3) is 0 Å². The van der Waals surface area contributed by atoms with Gasteiger partial charge >= 0.3 is 0 Å². The summed E-state index contributed by atoms with van der Waals surface area (Å²) in [5.74, 6) is -0.127. The standard InChI is InChI=1S/C13H18FNO/c1-10-5-6-12(14)8-11(10)9-13(16)4-2-3-7-15/h5-6,8H,2-4,7,9,15H2,1H3. The summed E-state index contributed by atoms with van der Waals surface area (Å²) in [5, 5.41) is 0. The molecule has 2 N–H and O–H groups in total. The van der Waals surface area contributed by atoms with Gasteiger partial charge in [-0.3, -0.25) is 4.79 Å². The Bertz CT molecular complexity index is 363. The molecule has 0 aliphatic heterocycles. The van der Waals surface area contributed by atoms with Gasteiger partial charge < -0.3 is 5.73 Å². The van der Waals surface area contributed by atoms with E-state index < -0.39 is 0 Å². The van der Waals surface area contributed by atoms with Crippen LogP contribution in [0.4, 0.5) is 4.39 Å². The Morgan fingerprint density at radius 2 is 2.12 bits per heavy atom. The topological polar surface area (TPSA) is 43.1 Å². The normalized spacial score (nSPS) is 10.4. The first-order valence-electron chi connectivity index (χ1n) is 5.60. The highest BCUT2D eigenvalue weighted by Gasteiger charge is 2.06. The number of aryl methyl sites for hydroxylation is 1. The maximum Gasteiger partial charge on any atom is 0.137 e. The summed E-state index contributed by atoms with van der Waals surface area (Å²) in [6.07, 6.45) is 2.55. The predicted molar refractivity (Wildman–Crippen MR) is 62.8 cm³/mol. The highest BCUT2D eigenvalue weighted by Crippen LogP contribution is 2.12. The van der Waals surface area contributed by atoms with Gasteiger partial charge in [-0.15, -0.1) is 0 Å². The summed E-state index contributed by atoms with van der Waals surface area (Å²) >= 11 is 0. The van der Waals surface area contributed by atoms with E-state index in [1.165, 1.54) is 12.1 Å². The van der Waals surface area contributed by atoms with Crippen LogP contribution in [0.3, 0.4) is 0 Å². The average molecular weight is 223 g/mol. The van der Waals surface area contributed by atoms with Crippen molar-refractivity contribution in [2.45, 2.75) is 32.6 Å². The molecule has 0 saturated carbocycles. The number of ketones is 1. The highest BCUT2D eigenvalue weighted by atomic mass is 19.1. The minimum Gasteiger partial charge on any atom is -0.330 e. The first-order valence-corrected chi connectivity index (χ1v) is 5.60. The van der Waals surface area contributed by atoms with Crippen LogP contribution in [0.25, 0.3) is 0 Å². The van der Waals surface area contributed by atoms with E-state index in [0.717, 1.165) is 24.0 Å². The lowest BCUT2D eigenvalue weighted by Gasteiger charge is -2.05. The fourth-order valence-corrected chi connectivity index (χ4v) is 1.60. The van der Waals surface area contributed by atoms with E-state index >= 15 is 0 Å². The molecule has 0 bridgehead atoms. The molecule has 1 aromatic carbocycles. The van der Waals surface area contributed by atoms with Gasteiger partial charge in [0.05, 0.1) is 0 Å². The molecule has 0 unspecified atom stereocenters. The fourth-order valence-electron chi connectivity index (χ4n) is 1.60. The van der Waals surface area contributed by atoms with Crippen LogP contribution in [-0.4, -0.2) is 12.3 Å². The molecule has 0 aromatic heterocycles. The molecule has 1 rings (SSSR count). The van der Waals surface area contributed by atoms with Gasteiger partial charge in [-0.05, 0) is 49.6 Å². The van der Waals surface area contributed by atoms with Gasteiger partial charge in [0, 0.05) is 12.8 Å². The first kappa shape index (κ1) is 12.8. The van der Waals surface area contributed by atoms with E-state index in [9.17, 15) is 9.18 Å². The van der Waals surface area contributed by atoms with E-state index in [2.05, 4.69) is 0 Å². The number of Topliss-reactive ketones (excluding diaryl/α,β-unsaturated/α-hetero) is 1. The van der Waals surface area contributed by atoms with E-state index in [-0.39, 0.29) is 11.6 Å². The molecule has 16 heavy (non-hydrogen) atoms. The van der Waals surface area contributed by atoms with Crippen molar-refractivity contribution >= 4 is 5.78 Å². The van der Waals surface area contributed by atoms with Crippen molar-refractivity contribution in [3.63, 3.8) is 0 Å². The maximum absolute atomic E-state index is 13.0. The van der Waals surface area contributed by atoms with Crippen LogP contribution in [-0.2, 0) is 11.2 Å². The second-order valence-corrected chi connectivity index (χ2v) is 4.03. The zero-order chi connectivity index (χ0) is 12.0. The maximum atomic E-state index is 13.0. The molecular weight excluding hydrogens is 205 g/mol. The number of hydrogen-bond acceptors (Lipinski definition) is 2. The van der Waals surface area contributed by atoms with E-state index in [1.807, 2.05) is 6.92 Å². The summed E-state index contributed by atoms with van der Waals surface area (Å²) in [4.78, 5) is 11.6. The minimum absolute atomic E-state index is 0.155. The summed E-state index contributed by atoms with van der Waals surface area (Å²) in [7, 11) is 0. The van der Waals surface area contributed by atoms with Crippen molar-refractivity contribution in [2.75, 3.05) is 6.54 Å². The number of rotatable bonds is 6. The van der Waals surface area contributed by atoms with Crippen LogP contribution in [0, 0.1) is 12.7 Å². The molecule has 0 heterocycles. The number of nitrogens with two attached hydrogens (primary N) is 1. The monoisotopic (exact) mass is 223 g/mol. The molecule has 0 radical (unpaired) electrons. The lowest BCUT2D eigenvalue weighted by molar-refractivity contribution is -0.118. The van der Waals surface area contributed by atoms with Gasteiger partial charge in [-0.2, -0.15) is 0 Å². The molecule has 1 aromatic rings. The average Bonchev–Trinajstić information content (AvgIpc) is 2.24. The van der Waals surface area contributed by atoms with Gasteiger partial charge in [0.2, 0.25) is 0 Å². The number of carbonyl (C=O) groups is 1. The van der Waals surface area contributed by atoms with Crippen molar-refractivity contribution in [2.24, 2.45) is 5.73 Å². The minimum atomic E-state index is -0.282. The molecule has 0 aliphatic carbocycles. The van der Waals surface area contributed by atoms with Crippen molar-refractivity contribution in [1.29, 1.82) is 0 Å². The van der Waals surface area contributed by atoms with Gasteiger partial charge in [-0.1, -0.05) is 6.07 Å². The largest absolute Gasteiger partial charge is 0.330 e. The molecule has 2 nitrogen and oxygen atoms in total. The van der Waals surface area contributed by atoms with Crippen LogP contribution in [0.15, 0.2) is 18.2 Å². The third kappa shape index (κ3) is 4.11. The number of benzene rings is 1. The number of carbonyl (C=O) groups excluding carboxylic acids is 1. The molecule has 0 atom stereocenters. The molecule has 0 amide bonds. The van der Waals surface area contributed by atoms with E-state index in [0.29, 0.717) is 19.4 Å². The Kier molecular flexibility index (Phi) is 5.12. The zero-order valence-electron chi connectivity index (χ0n) is 9.63. The Hall–Kier alpha value is -1.22. The summed E-state index contributed by atoms with van der Waals surface area (Å²) in [5.41, 5.74) is 7.11. The van der Waals surface area contributed by atoms with Crippen molar-refractivity contribution in [3.05, 3.63) is 35.1 Å². The SMILES string of the molecule is Cc1ccc(F)cc1CC(=O)CCCCN. The van der Waals surface area contributed by atoms with Gasteiger partial charge in [-0.25, -0.2) is 4.39 Å². The Labute approximate surface area is 95.7 Å². The quantitative estimate of drug-likeness (QED) is 0.752. The number of unbranched alkanes of at least 4 members (excludes halogenated alkanes) is 1. The van der Waals surface area contributed by atoms with Crippen LogP contribution < -0.4 is 5.73 Å². The van der Waals surface area contributed by atoms with Crippen LogP contribution in [0.5, 0.6) is 0 Å². The number of hydrogen-bond donors (Lipinski definition) is 1. The van der Waals surface area contributed by atoms with Crippen LogP contribution >= 0.6 is 0 Å². The third-order valence-electron chi connectivity index (χ3n) is 2.61. The Morgan fingerprint density at radius 3 is 2.81 bits per heavy atom. The third-order valence-corrected chi connectivity index (χ3v) is 2.61. The second-order valence-electron chi connectivity index (χ2n) is 4.03. The Morgan fingerprint density at radius 1 is 1.38 bits per heavy atom. The summed E-state index contributed by atoms with van der Waals surface area (Å²) in [6, 6.07) is 4.56. The lowest BCUT2D eigenvalue weighted by atomic mass is 10.0. The molecule has 3 heteroatoms. The first-order chi connectivity index (χ1) is 7.63. The fraction of sp³-hybridized carbons (Fsp3) is 0.462. The van der Waals surface area contributed by atoms with E-state index in [4.69, 9.17) is 5.73 Å². The van der Waals surface area contributed by atoms with Crippen molar-refractivity contribution in [3.8, 4) is 0 Å². The molecular formula is C13H18FNO. The van der Waals surface area contributed by atoms with Gasteiger partial charge in [0.15, 0.2) is 0 Å². The zero-order valence-corrected chi connectivity index (χ0v) is 9.63. The molecule has 0 spiro atoms. The summed E-state index contributed by atoms with van der Waals surface area (Å²) in [6.45, 7) is 2.51. The smallest absolute Gasteiger partial charge is 0.137 e. The predicted octanol–water partition coefficient (Wildman–Crippen LogP) is 2.37. The van der Waals surface area contributed by atoms with Crippen molar-refractivity contribution in [1.82, 2.24) is 0 Å². The lowest BCUT2D eigenvalue weighted by Crippen LogP contribution is -2.06. The second kappa shape index (κ2) is 6.38. The molecule has 88 valence electrons. The Balaban J connectivity index is 2.52. The molecule has 0 saturated heterocycles. The highest BCUT2D eigenvalue weighted by molar-refractivity contribution is 5.81. The molecule has 0 aliphatic rings. The summed E-state index contributed by atoms with van der Waals surface area (Å²) < 4.78 is 13.0. The van der Waals surface area contributed by atoms with Crippen LogP contribution in [0.2, 0.25) is 0 Å². The van der Waals surface area contributed by atoms with Crippen LogP contribution in [0.1, 0.15) is 30.4 Å². The molecule has 0 fully saturated rings. The van der Waals surface area contributed by atoms with E-state index in [1.54, 1.807) is 6.07 Å². The van der Waals surface area contributed by atoms with Gasteiger partial charge in [0.1, 0.15) is 11.6 Å².